The van der Waals surface area contributed by atoms with Gasteiger partial charge in [0.1, 0.15) is 0 Å². The average molecular weight is 240 g/mol. The van der Waals surface area contributed by atoms with Gasteiger partial charge in [0, 0.05) is 13.0 Å². The van der Waals surface area contributed by atoms with Crippen LogP contribution in [0.4, 0.5) is 0 Å². The Labute approximate surface area is 103 Å². The van der Waals surface area contributed by atoms with Gasteiger partial charge in [-0.25, -0.2) is 0 Å². The molecule has 1 saturated heterocycles. The summed E-state index contributed by atoms with van der Waals surface area (Å²) in [6, 6.07) is 0.202. The number of ether oxygens (including phenoxy) is 1. The quantitative estimate of drug-likeness (QED) is 0.805. The molecule has 4 nitrogen and oxygen atoms in total. The Hall–Kier alpha value is -0.610. The van der Waals surface area contributed by atoms with Gasteiger partial charge in [-0.15, -0.1) is 0 Å². The van der Waals surface area contributed by atoms with Gasteiger partial charge in [-0.2, -0.15) is 0 Å². The summed E-state index contributed by atoms with van der Waals surface area (Å²) in [6.45, 7) is 6.10. The Morgan fingerprint density at radius 3 is 2.71 bits per heavy atom. The van der Waals surface area contributed by atoms with Crippen LogP contribution in [0.5, 0.6) is 0 Å². The molecule has 0 spiro atoms. The smallest absolute Gasteiger partial charge is 0.223 e. The molecule has 1 heterocycles. The molecule has 0 radical (unpaired) electrons. The Kier molecular flexibility index (Phi) is 3.73. The Morgan fingerprint density at radius 2 is 2.18 bits per heavy atom. The highest BCUT2D eigenvalue weighted by molar-refractivity contribution is 5.77. The van der Waals surface area contributed by atoms with Crippen LogP contribution in [0.1, 0.15) is 39.5 Å². The van der Waals surface area contributed by atoms with E-state index >= 15 is 0 Å². The summed E-state index contributed by atoms with van der Waals surface area (Å²) in [4.78, 5) is 14.3. The normalized spacial score (nSPS) is 32.1. The molecule has 2 fully saturated rings. The largest absolute Gasteiger partial charge is 0.375 e. The number of carbonyl (C=O) groups is 1. The first-order chi connectivity index (χ1) is 8.06. The molecule has 2 rings (SSSR count). The number of carbonyl (C=O) groups excluding carboxylic acids is 1. The molecule has 0 aromatic rings. The van der Waals surface area contributed by atoms with Crippen molar-refractivity contribution in [3.05, 3.63) is 0 Å². The Balaban J connectivity index is 1.94. The molecular formula is C13H24N2O2. The zero-order chi connectivity index (χ0) is 12.5. The van der Waals surface area contributed by atoms with Crippen molar-refractivity contribution in [2.75, 3.05) is 19.7 Å². The van der Waals surface area contributed by atoms with Crippen LogP contribution in [0.25, 0.3) is 0 Å². The zero-order valence-electron chi connectivity index (χ0n) is 10.9. The summed E-state index contributed by atoms with van der Waals surface area (Å²) in [5.41, 5.74) is 5.92. The molecule has 98 valence electrons. The number of morpholine rings is 1. The summed E-state index contributed by atoms with van der Waals surface area (Å²) < 4.78 is 5.55. The van der Waals surface area contributed by atoms with Crippen LogP contribution in [-0.2, 0) is 9.53 Å². The maximum atomic E-state index is 12.3. The van der Waals surface area contributed by atoms with Gasteiger partial charge in [0.05, 0.1) is 18.8 Å². The van der Waals surface area contributed by atoms with E-state index in [1.807, 2.05) is 11.8 Å². The molecule has 0 aromatic carbocycles. The molecule has 2 N–H and O–H groups in total. The second kappa shape index (κ2) is 4.94. The topological polar surface area (TPSA) is 55.6 Å². The van der Waals surface area contributed by atoms with Crippen molar-refractivity contribution in [1.29, 1.82) is 0 Å². The van der Waals surface area contributed by atoms with Gasteiger partial charge in [0.15, 0.2) is 0 Å². The van der Waals surface area contributed by atoms with E-state index in [9.17, 15) is 4.79 Å². The SMILES string of the molecule is CC1CN(C(=O)CC2(CN)CCC2)C(C)CO1. The first kappa shape index (κ1) is 12.8. The second-order valence-corrected chi connectivity index (χ2v) is 5.77. The zero-order valence-corrected chi connectivity index (χ0v) is 10.9. The van der Waals surface area contributed by atoms with E-state index < -0.39 is 0 Å². The fourth-order valence-corrected chi connectivity index (χ4v) is 2.80. The molecule has 1 aliphatic heterocycles. The first-order valence-corrected chi connectivity index (χ1v) is 6.67. The van der Waals surface area contributed by atoms with Crippen LogP contribution in [0.3, 0.4) is 0 Å². The molecule has 0 aromatic heterocycles. The Bertz CT molecular complexity index is 284. The van der Waals surface area contributed by atoms with E-state index in [2.05, 4.69) is 6.92 Å². The van der Waals surface area contributed by atoms with E-state index in [1.54, 1.807) is 0 Å². The van der Waals surface area contributed by atoms with E-state index in [0.29, 0.717) is 19.6 Å². The van der Waals surface area contributed by atoms with Crippen molar-refractivity contribution in [2.24, 2.45) is 11.1 Å². The summed E-state index contributed by atoms with van der Waals surface area (Å²) in [5, 5.41) is 0. The summed E-state index contributed by atoms with van der Waals surface area (Å²) in [6.07, 6.45) is 4.23. The monoisotopic (exact) mass is 240 g/mol. The maximum absolute atomic E-state index is 12.3. The van der Waals surface area contributed by atoms with Crippen LogP contribution in [0.2, 0.25) is 0 Å². The van der Waals surface area contributed by atoms with E-state index in [4.69, 9.17) is 10.5 Å². The summed E-state index contributed by atoms with van der Waals surface area (Å²) >= 11 is 0. The Morgan fingerprint density at radius 1 is 1.47 bits per heavy atom. The molecule has 2 unspecified atom stereocenters. The third-order valence-corrected chi connectivity index (χ3v) is 4.30. The highest BCUT2D eigenvalue weighted by atomic mass is 16.5. The molecular weight excluding hydrogens is 216 g/mol. The standard InChI is InChI=1S/C13H24N2O2/c1-10-8-17-11(2)7-15(10)12(16)6-13(9-14)4-3-5-13/h10-11H,3-9,14H2,1-2H3. The third kappa shape index (κ3) is 2.63. The van der Waals surface area contributed by atoms with Crippen LogP contribution < -0.4 is 5.73 Å². The second-order valence-electron chi connectivity index (χ2n) is 5.77. The summed E-state index contributed by atoms with van der Waals surface area (Å²) in [7, 11) is 0. The molecule has 2 aliphatic rings. The summed E-state index contributed by atoms with van der Waals surface area (Å²) in [5.74, 6) is 0.262. The van der Waals surface area contributed by atoms with E-state index in [-0.39, 0.29) is 23.5 Å². The van der Waals surface area contributed by atoms with Crippen molar-refractivity contribution in [3.8, 4) is 0 Å². The maximum Gasteiger partial charge on any atom is 0.223 e. The lowest BCUT2D eigenvalue weighted by Gasteiger charge is -2.44. The fourth-order valence-electron chi connectivity index (χ4n) is 2.80. The minimum atomic E-state index is 0.109. The number of hydrogen-bond donors (Lipinski definition) is 1. The lowest BCUT2D eigenvalue weighted by molar-refractivity contribution is -0.147. The van der Waals surface area contributed by atoms with Gasteiger partial charge < -0.3 is 15.4 Å². The number of nitrogens with two attached hydrogens (primary N) is 1. The van der Waals surface area contributed by atoms with Crippen molar-refractivity contribution < 1.29 is 9.53 Å². The minimum Gasteiger partial charge on any atom is -0.375 e. The van der Waals surface area contributed by atoms with Gasteiger partial charge in [-0.05, 0) is 38.6 Å². The molecule has 17 heavy (non-hydrogen) atoms. The number of hydrogen-bond acceptors (Lipinski definition) is 3. The van der Waals surface area contributed by atoms with Crippen molar-refractivity contribution in [1.82, 2.24) is 4.90 Å². The van der Waals surface area contributed by atoms with Crippen LogP contribution in [0, 0.1) is 5.41 Å². The average Bonchev–Trinajstić information content (AvgIpc) is 2.26. The highest BCUT2D eigenvalue weighted by Gasteiger charge is 2.40. The molecule has 4 heteroatoms. The predicted octanol–water partition coefficient (Wildman–Crippen LogP) is 1.14. The van der Waals surface area contributed by atoms with Gasteiger partial charge in [0.25, 0.3) is 0 Å². The van der Waals surface area contributed by atoms with Crippen LogP contribution in [0.15, 0.2) is 0 Å². The lowest BCUT2D eigenvalue weighted by Crippen LogP contribution is -2.52. The fraction of sp³-hybridized carbons (Fsp3) is 0.923. The first-order valence-electron chi connectivity index (χ1n) is 6.67. The van der Waals surface area contributed by atoms with Crippen molar-refractivity contribution in [3.63, 3.8) is 0 Å². The van der Waals surface area contributed by atoms with Crippen molar-refractivity contribution >= 4 is 5.91 Å². The minimum absolute atomic E-state index is 0.109. The molecule has 2 atom stereocenters. The number of nitrogens with zero attached hydrogens (tertiary/aromatic N) is 1. The third-order valence-electron chi connectivity index (χ3n) is 4.30. The highest BCUT2D eigenvalue weighted by Crippen LogP contribution is 2.43. The van der Waals surface area contributed by atoms with Crippen molar-refractivity contribution in [2.45, 2.75) is 51.7 Å². The molecule has 1 saturated carbocycles. The van der Waals surface area contributed by atoms with Gasteiger partial charge in [-0.3, -0.25) is 4.79 Å². The predicted molar refractivity (Wildman–Crippen MR) is 66.5 cm³/mol. The van der Waals surface area contributed by atoms with Crippen LogP contribution in [-0.4, -0.2) is 42.6 Å². The number of rotatable bonds is 3. The number of amides is 1. The van der Waals surface area contributed by atoms with Gasteiger partial charge >= 0.3 is 0 Å². The molecule has 0 bridgehead atoms. The van der Waals surface area contributed by atoms with E-state index in [0.717, 1.165) is 19.4 Å². The van der Waals surface area contributed by atoms with Gasteiger partial charge in [-0.1, -0.05) is 6.42 Å². The van der Waals surface area contributed by atoms with Gasteiger partial charge in [0.2, 0.25) is 5.91 Å². The van der Waals surface area contributed by atoms with E-state index in [1.165, 1.54) is 6.42 Å². The molecule has 1 amide bonds. The van der Waals surface area contributed by atoms with Crippen LogP contribution >= 0.6 is 0 Å². The molecule has 1 aliphatic carbocycles. The lowest BCUT2D eigenvalue weighted by atomic mass is 9.66.